The van der Waals surface area contributed by atoms with Crippen LogP contribution in [-0.2, 0) is 13.0 Å². The molecule has 1 aliphatic rings. The molecule has 1 fully saturated rings. The molecule has 1 aromatic carbocycles. The maximum atomic E-state index is 9.77. The number of phenols is 1. The van der Waals surface area contributed by atoms with E-state index in [1.165, 1.54) is 25.9 Å². The molecule has 3 heteroatoms. The van der Waals surface area contributed by atoms with Gasteiger partial charge in [-0.25, -0.2) is 0 Å². The highest BCUT2D eigenvalue weighted by molar-refractivity contribution is 5.39. The van der Waals surface area contributed by atoms with Crippen LogP contribution in [0.15, 0.2) is 18.2 Å². The molecule has 1 saturated heterocycles. The van der Waals surface area contributed by atoms with Gasteiger partial charge in [-0.1, -0.05) is 12.1 Å². The van der Waals surface area contributed by atoms with E-state index in [1.54, 1.807) is 12.1 Å². The maximum absolute atomic E-state index is 9.77. The lowest BCUT2D eigenvalue weighted by molar-refractivity contribution is 0.278. The van der Waals surface area contributed by atoms with E-state index in [4.69, 9.17) is 0 Å². The van der Waals surface area contributed by atoms with Crippen molar-refractivity contribution >= 4 is 0 Å². The summed E-state index contributed by atoms with van der Waals surface area (Å²) in [5, 5.41) is 19.0. The van der Waals surface area contributed by atoms with Crippen molar-refractivity contribution in [1.29, 1.82) is 0 Å². The minimum Gasteiger partial charge on any atom is -0.508 e. The molecule has 0 bridgehead atoms. The fourth-order valence-corrected chi connectivity index (χ4v) is 2.33. The summed E-state index contributed by atoms with van der Waals surface area (Å²) in [6, 6.07) is 5.34. The van der Waals surface area contributed by atoms with Gasteiger partial charge < -0.3 is 15.1 Å². The van der Waals surface area contributed by atoms with Gasteiger partial charge in [0.05, 0.1) is 6.61 Å². The number of nitrogens with zero attached hydrogens (tertiary/aromatic N) is 1. The lowest BCUT2D eigenvalue weighted by Gasteiger charge is -2.16. The lowest BCUT2D eigenvalue weighted by atomic mass is 10.0. The molecule has 3 nitrogen and oxygen atoms in total. The molecule has 0 aromatic heterocycles. The molecule has 0 spiro atoms. The van der Waals surface area contributed by atoms with Crippen molar-refractivity contribution < 1.29 is 10.2 Å². The molecule has 0 radical (unpaired) electrons. The van der Waals surface area contributed by atoms with Crippen LogP contribution in [0, 0.1) is 0 Å². The Labute approximate surface area is 96.3 Å². The standard InChI is InChI=1S/C13H19NO2/c15-10-11-4-3-5-13(16)12(11)6-9-14-7-1-2-8-14/h3-5,15-16H,1-2,6-10H2. The number of aliphatic hydroxyl groups is 1. The van der Waals surface area contributed by atoms with Gasteiger partial charge in [-0.05, 0) is 44.0 Å². The summed E-state index contributed by atoms with van der Waals surface area (Å²) >= 11 is 0. The van der Waals surface area contributed by atoms with Crippen molar-refractivity contribution in [3.05, 3.63) is 29.3 Å². The number of rotatable bonds is 4. The Kier molecular flexibility index (Phi) is 3.80. The first-order valence-corrected chi connectivity index (χ1v) is 5.94. The normalized spacial score (nSPS) is 16.8. The third-order valence-electron chi connectivity index (χ3n) is 3.30. The van der Waals surface area contributed by atoms with Crippen LogP contribution in [0.5, 0.6) is 5.75 Å². The molecule has 16 heavy (non-hydrogen) atoms. The zero-order valence-corrected chi connectivity index (χ0v) is 9.52. The van der Waals surface area contributed by atoms with E-state index in [-0.39, 0.29) is 6.61 Å². The highest BCUT2D eigenvalue weighted by Gasteiger charge is 2.13. The molecule has 0 saturated carbocycles. The van der Waals surface area contributed by atoms with Crippen molar-refractivity contribution in [2.45, 2.75) is 25.9 Å². The first-order chi connectivity index (χ1) is 7.81. The molecule has 0 aliphatic carbocycles. The molecule has 0 unspecified atom stereocenters. The summed E-state index contributed by atoms with van der Waals surface area (Å²) in [7, 11) is 0. The predicted molar refractivity (Wildman–Crippen MR) is 63.4 cm³/mol. The molecular formula is C13H19NO2. The average molecular weight is 221 g/mol. The van der Waals surface area contributed by atoms with Crippen LogP contribution >= 0.6 is 0 Å². The zero-order valence-electron chi connectivity index (χ0n) is 9.52. The van der Waals surface area contributed by atoms with E-state index in [9.17, 15) is 10.2 Å². The van der Waals surface area contributed by atoms with Crippen molar-refractivity contribution in [1.82, 2.24) is 4.90 Å². The van der Waals surface area contributed by atoms with E-state index in [0.29, 0.717) is 5.75 Å². The number of benzene rings is 1. The van der Waals surface area contributed by atoms with Crippen LogP contribution in [0.1, 0.15) is 24.0 Å². The van der Waals surface area contributed by atoms with Crippen LogP contribution < -0.4 is 0 Å². The summed E-state index contributed by atoms with van der Waals surface area (Å²) in [6.07, 6.45) is 3.39. The monoisotopic (exact) mass is 221 g/mol. The Morgan fingerprint density at radius 1 is 1.19 bits per heavy atom. The fraction of sp³-hybridized carbons (Fsp3) is 0.538. The molecule has 2 N–H and O–H groups in total. The molecule has 0 atom stereocenters. The molecule has 88 valence electrons. The molecule has 1 aliphatic heterocycles. The van der Waals surface area contributed by atoms with Crippen LogP contribution in [0.4, 0.5) is 0 Å². The number of aromatic hydroxyl groups is 1. The minimum atomic E-state index is 0.00370. The van der Waals surface area contributed by atoms with Gasteiger partial charge in [-0.15, -0.1) is 0 Å². The number of phenolic OH excluding ortho intramolecular Hbond substituents is 1. The van der Waals surface area contributed by atoms with Gasteiger partial charge in [0, 0.05) is 12.1 Å². The number of likely N-dealkylation sites (tertiary alicyclic amines) is 1. The quantitative estimate of drug-likeness (QED) is 0.810. The highest BCUT2D eigenvalue weighted by Crippen LogP contribution is 2.22. The first kappa shape index (κ1) is 11.4. The Morgan fingerprint density at radius 3 is 2.62 bits per heavy atom. The third-order valence-corrected chi connectivity index (χ3v) is 3.30. The van der Waals surface area contributed by atoms with Gasteiger partial charge in [0.2, 0.25) is 0 Å². The largest absolute Gasteiger partial charge is 0.508 e. The van der Waals surface area contributed by atoms with E-state index < -0.39 is 0 Å². The van der Waals surface area contributed by atoms with Gasteiger partial charge in [-0.2, -0.15) is 0 Å². The van der Waals surface area contributed by atoms with Crippen molar-refractivity contribution in [2.75, 3.05) is 19.6 Å². The fourth-order valence-electron chi connectivity index (χ4n) is 2.33. The minimum absolute atomic E-state index is 0.00370. The van der Waals surface area contributed by atoms with E-state index in [1.807, 2.05) is 6.07 Å². The van der Waals surface area contributed by atoms with Gasteiger partial charge in [0.25, 0.3) is 0 Å². The zero-order chi connectivity index (χ0) is 11.4. The van der Waals surface area contributed by atoms with Gasteiger partial charge in [0.15, 0.2) is 0 Å². The summed E-state index contributed by atoms with van der Waals surface area (Å²) in [6.45, 7) is 3.32. The Balaban J connectivity index is 2.01. The third kappa shape index (κ3) is 2.54. The predicted octanol–water partition coefficient (Wildman–Crippen LogP) is 1.52. The molecule has 0 amide bonds. The smallest absolute Gasteiger partial charge is 0.119 e. The van der Waals surface area contributed by atoms with Crippen LogP contribution in [0.2, 0.25) is 0 Å². The van der Waals surface area contributed by atoms with Gasteiger partial charge in [0.1, 0.15) is 5.75 Å². The summed E-state index contributed by atoms with van der Waals surface area (Å²) in [4.78, 5) is 2.41. The summed E-state index contributed by atoms with van der Waals surface area (Å²) in [5.74, 6) is 0.311. The van der Waals surface area contributed by atoms with Crippen LogP contribution in [0.25, 0.3) is 0 Å². The lowest BCUT2D eigenvalue weighted by Crippen LogP contribution is -2.22. The summed E-state index contributed by atoms with van der Waals surface area (Å²) < 4.78 is 0. The second kappa shape index (κ2) is 5.32. The SMILES string of the molecule is OCc1cccc(O)c1CCN1CCCC1. The molecule has 2 rings (SSSR count). The van der Waals surface area contributed by atoms with E-state index in [2.05, 4.69) is 4.90 Å². The molecule has 1 heterocycles. The van der Waals surface area contributed by atoms with Gasteiger partial charge in [-0.3, -0.25) is 0 Å². The summed E-state index contributed by atoms with van der Waals surface area (Å²) in [5.41, 5.74) is 1.75. The number of hydrogen-bond donors (Lipinski definition) is 2. The van der Waals surface area contributed by atoms with E-state index >= 15 is 0 Å². The Hall–Kier alpha value is -1.06. The Bertz CT molecular complexity index is 346. The number of aliphatic hydroxyl groups excluding tert-OH is 1. The maximum Gasteiger partial charge on any atom is 0.119 e. The van der Waals surface area contributed by atoms with Crippen molar-refractivity contribution in [3.8, 4) is 5.75 Å². The molecule has 1 aromatic rings. The van der Waals surface area contributed by atoms with Crippen molar-refractivity contribution in [3.63, 3.8) is 0 Å². The van der Waals surface area contributed by atoms with Crippen LogP contribution in [0.3, 0.4) is 0 Å². The van der Waals surface area contributed by atoms with Crippen LogP contribution in [-0.4, -0.2) is 34.7 Å². The average Bonchev–Trinajstić information content (AvgIpc) is 2.80. The van der Waals surface area contributed by atoms with Crippen molar-refractivity contribution in [2.24, 2.45) is 0 Å². The molecular weight excluding hydrogens is 202 g/mol. The second-order valence-corrected chi connectivity index (χ2v) is 4.37. The Morgan fingerprint density at radius 2 is 1.94 bits per heavy atom. The number of hydrogen-bond acceptors (Lipinski definition) is 3. The second-order valence-electron chi connectivity index (χ2n) is 4.37. The van der Waals surface area contributed by atoms with Gasteiger partial charge >= 0.3 is 0 Å². The topological polar surface area (TPSA) is 43.7 Å². The first-order valence-electron chi connectivity index (χ1n) is 5.94. The van der Waals surface area contributed by atoms with E-state index in [0.717, 1.165) is 24.1 Å². The highest BCUT2D eigenvalue weighted by atomic mass is 16.3.